The van der Waals surface area contributed by atoms with Crippen molar-refractivity contribution in [1.29, 1.82) is 0 Å². The summed E-state index contributed by atoms with van der Waals surface area (Å²) in [6, 6.07) is 20.6. The van der Waals surface area contributed by atoms with Crippen molar-refractivity contribution in [2.24, 2.45) is 5.10 Å². The van der Waals surface area contributed by atoms with Crippen LogP contribution in [0.5, 0.6) is 0 Å². The van der Waals surface area contributed by atoms with E-state index in [1.807, 2.05) is 30.5 Å². The number of nitrogens with one attached hydrogen (secondary N) is 1. The summed E-state index contributed by atoms with van der Waals surface area (Å²) in [4.78, 5) is 4.53. The number of aryl methyl sites for hydroxylation is 1. The van der Waals surface area contributed by atoms with Gasteiger partial charge >= 0.3 is 0 Å². The summed E-state index contributed by atoms with van der Waals surface area (Å²) >= 11 is 1.60. The van der Waals surface area contributed by atoms with E-state index in [9.17, 15) is 0 Å². The number of fused-ring (bicyclic) bond motifs is 1. The fourth-order valence-electron chi connectivity index (χ4n) is 2.97. The maximum atomic E-state index is 4.53. The maximum Gasteiger partial charge on any atom is 0.204 e. The Hall–Kier alpha value is -2.92. The molecule has 124 valence electrons. The Labute approximate surface area is 150 Å². The van der Waals surface area contributed by atoms with Crippen LogP contribution >= 0.6 is 11.3 Å². The largest absolute Gasteiger partial charge is 0.318 e. The second-order valence-corrected chi connectivity index (χ2v) is 6.88. The molecular weight excluding hydrogens is 328 g/mol. The molecule has 4 aromatic rings. The van der Waals surface area contributed by atoms with Crippen molar-refractivity contribution in [2.75, 3.05) is 5.43 Å². The molecule has 0 aliphatic carbocycles. The van der Waals surface area contributed by atoms with Gasteiger partial charge in [-0.3, -0.25) is 5.43 Å². The highest BCUT2D eigenvalue weighted by Gasteiger charge is 2.09. The molecule has 0 fully saturated rings. The van der Waals surface area contributed by atoms with E-state index in [1.54, 1.807) is 11.3 Å². The third-order valence-electron chi connectivity index (χ3n) is 4.14. The van der Waals surface area contributed by atoms with E-state index < -0.39 is 0 Å². The lowest BCUT2D eigenvalue weighted by molar-refractivity contribution is 0.965. The van der Waals surface area contributed by atoms with Gasteiger partial charge in [0, 0.05) is 22.6 Å². The van der Waals surface area contributed by atoms with Crippen LogP contribution in [0, 0.1) is 13.8 Å². The Bertz CT molecular complexity index is 1010. The molecular formula is C20H18N4S. The summed E-state index contributed by atoms with van der Waals surface area (Å²) in [7, 11) is 0. The van der Waals surface area contributed by atoms with Crippen LogP contribution < -0.4 is 5.43 Å². The van der Waals surface area contributed by atoms with Gasteiger partial charge in [-0.25, -0.2) is 4.98 Å². The molecule has 2 heterocycles. The van der Waals surface area contributed by atoms with Gasteiger partial charge in [-0.1, -0.05) is 41.7 Å². The Kier molecular flexibility index (Phi) is 4.07. The standard InChI is InChI=1S/C20H18N4S/c1-14-12-16(15(2)24(14)17-8-4-3-5-9-17)13-21-23-20-22-18-10-6-7-11-19(18)25-20/h3-13H,1-2H3,(H,22,23). The zero-order valence-corrected chi connectivity index (χ0v) is 14.9. The summed E-state index contributed by atoms with van der Waals surface area (Å²) in [6.45, 7) is 4.22. The van der Waals surface area contributed by atoms with Crippen molar-refractivity contribution in [3.8, 4) is 5.69 Å². The number of rotatable bonds is 4. The Morgan fingerprint density at radius 1 is 1.04 bits per heavy atom. The van der Waals surface area contributed by atoms with Crippen molar-refractivity contribution >= 4 is 32.9 Å². The molecule has 4 rings (SSSR count). The van der Waals surface area contributed by atoms with Crippen molar-refractivity contribution in [1.82, 2.24) is 9.55 Å². The molecule has 2 aromatic carbocycles. The van der Waals surface area contributed by atoms with E-state index in [0.717, 1.165) is 26.6 Å². The van der Waals surface area contributed by atoms with Crippen LogP contribution in [0.4, 0.5) is 5.13 Å². The average molecular weight is 346 g/mol. The van der Waals surface area contributed by atoms with E-state index in [-0.39, 0.29) is 0 Å². The molecule has 0 atom stereocenters. The monoisotopic (exact) mass is 346 g/mol. The molecule has 0 bridgehead atoms. The van der Waals surface area contributed by atoms with Gasteiger partial charge in [-0.15, -0.1) is 0 Å². The first-order chi connectivity index (χ1) is 12.2. The van der Waals surface area contributed by atoms with Crippen molar-refractivity contribution in [2.45, 2.75) is 13.8 Å². The maximum absolute atomic E-state index is 4.53. The summed E-state index contributed by atoms with van der Waals surface area (Å²) in [5, 5.41) is 5.18. The Balaban J connectivity index is 1.57. The van der Waals surface area contributed by atoms with E-state index in [1.165, 1.54) is 11.4 Å². The van der Waals surface area contributed by atoms with Crippen LogP contribution in [0.15, 0.2) is 65.8 Å². The zero-order valence-electron chi connectivity index (χ0n) is 14.1. The summed E-state index contributed by atoms with van der Waals surface area (Å²) < 4.78 is 3.39. The van der Waals surface area contributed by atoms with E-state index in [4.69, 9.17) is 0 Å². The Morgan fingerprint density at radius 3 is 2.60 bits per heavy atom. The first-order valence-electron chi connectivity index (χ1n) is 8.11. The molecule has 0 saturated carbocycles. The van der Waals surface area contributed by atoms with Crippen LogP contribution in [0.3, 0.4) is 0 Å². The first kappa shape index (κ1) is 15.6. The predicted molar refractivity (Wildman–Crippen MR) is 106 cm³/mol. The lowest BCUT2D eigenvalue weighted by atomic mass is 10.2. The third-order valence-corrected chi connectivity index (χ3v) is 5.08. The molecule has 25 heavy (non-hydrogen) atoms. The van der Waals surface area contributed by atoms with Crippen molar-refractivity contribution in [3.63, 3.8) is 0 Å². The van der Waals surface area contributed by atoms with Gasteiger partial charge in [0.15, 0.2) is 0 Å². The topological polar surface area (TPSA) is 42.2 Å². The van der Waals surface area contributed by atoms with Crippen LogP contribution in [-0.2, 0) is 0 Å². The number of anilines is 1. The SMILES string of the molecule is Cc1cc(C=NNc2nc3ccccc3s2)c(C)n1-c1ccccc1. The molecule has 4 nitrogen and oxygen atoms in total. The number of para-hydroxylation sites is 2. The second-order valence-electron chi connectivity index (χ2n) is 5.85. The minimum atomic E-state index is 0.800. The molecule has 0 aliphatic heterocycles. The molecule has 5 heteroatoms. The predicted octanol–water partition coefficient (Wildman–Crippen LogP) is 5.15. The van der Waals surface area contributed by atoms with Crippen LogP contribution in [-0.4, -0.2) is 15.8 Å². The molecule has 0 amide bonds. The van der Waals surface area contributed by atoms with E-state index >= 15 is 0 Å². The third kappa shape index (κ3) is 3.06. The van der Waals surface area contributed by atoms with Gasteiger partial charge in [-0.05, 0) is 44.2 Å². The average Bonchev–Trinajstić information content (AvgIpc) is 3.16. The van der Waals surface area contributed by atoms with Gasteiger partial charge in [0.25, 0.3) is 0 Å². The number of thiazole rings is 1. The van der Waals surface area contributed by atoms with Crippen LogP contribution in [0.2, 0.25) is 0 Å². The van der Waals surface area contributed by atoms with Gasteiger partial charge in [0.05, 0.1) is 16.4 Å². The smallest absolute Gasteiger partial charge is 0.204 e. The highest BCUT2D eigenvalue weighted by atomic mass is 32.1. The molecule has 1 N–H and O–H groups in total. The van der Waals surface area contributed by atoms with Crippen LogP contribution in [0.25, 0.3) is 15.9 Å². The van der Waals surface area contributed by atoms with Crippen molar-refractivity contribution < 1.29 is 0 Å². The van der Waals surface area contributed by atoms with E-state index in [2.05, 4.69) is 70.3 Å². The second kappa shape index (κ2) is 6.53. The number of hydrogen-bond acceptors (Lipinski definition) is 4. The quantitative estimate of drug-likeness (QED) is 0.410. The number of hydrazone groups is 1. The summed E-state index contributed by atoms with van der Waals surface area (Å²) in [5.41, 5.74) is 8.65. The van der Waals surface area contributed by atoms with Crippen LogP contribution in [0.1, 0.15) is 17.0 Å². The van der Waals surface area contributed by atoms with Gasteiger partial charge in [0.1, 0.15) is 0 Å². The summed E-state index contributed by atoms with van der Waals surface area (Å²) in [6.07, 6.45) is 1.86. The molecule has 0 aliphatic rings. The first-order valence-corrected chi connectivity index (χ1v) is 8.93. The molecule has 2 aromatic heterocycles. The fourth-order valence-corrected chi connectivity index (χ4v) is 3.79. The molecule has 0 unspecified atom stereocenters. The number of nitrogens with zero attached hydrogens (tertiary/aromatic N) is 3. The van der Waals surface area contributed by atoms with Gasteiger partial charge < -0.3 is 4.57 Å². The highest BCUT2D eigenvalue weighted by molar-refractivity contribution is 7.22. The molecule has 0 saturated heterocycles. The lowest BCUT2D eigenvalue weighted by Gasteiger charge is -2.08. The number of hydrogen-bond donors (Lipinski definition) is 1. The number of aromatic nitrogens is 2. The Morgan fingerprint density at radius 2 is 1.80 bits per heavy atom. The minimum absolute atomic E-state index is 0.800. The highest BCUT2D eigenvalue weighted by Crippen LogP contribution is 2.25. The van der Waals surface area contributed by atoms with E-state index in [0.29, 0.717) is 0 Å². The number of benzene rings is 2. The molecule has 0 radical (unpaired) electrons. The van der Waals surface area contributed by atoms with Crippen molar-refractivity contribution in [3.05, 3.63) is 77.6 Å². The lowest BCUT2D eigenvalue weighted by Crippen LogP contribution is -1.99. The normalized spacial score (nSPS) is 11.4. The van der Waals surface area contributed by atoms with Gasteiger partial charge in [0.2, 0.25) is 5.13 Å². The molecule has 0 spiro atoms. The zero-order chi connectivity index (χ0) is 17.2. The van der Waals surface area contributed by atoms with Gasteiger partial charge in [-0.2, -0.15) is 5.10 Å². The fraction of sp³-hybridized carbons (Fsp3) is 0.100. The minimum Gasteiger partial charge on any atom is -0.318 e. The summed E-state index contributed by atoms with van der Waals surface area (Å²) in [5.74, 6) is 0.